The lowest BCUT2D eigenvalue weighted by atomic mass is 10.1. The van der Waals surface area contributed by atoms with Crippen LogP contribution in [0, 0.1) is 0 Å². The van der Waals surface area contributed by atoms with Crippen LogP contribution in [0.3, 0.4) is 0 Å². The van der Waals surface area contributed by atoms with E-state index in [4.69, 9.17) is 18.7 Å². The van der Waals surface area contributed by atoms with Crippen LogP contribution in [-0.2, 0) is 4.79 Å². The molecule has 0 fully saturated rings. The number of Topliss-reactive ketones (excluding diaryl/α,β-unsaturated/α-hetero) is 1. The summed E-state index contributed by atoms with van der Waals surface area (Å²) in [5.41, 5.74) is 0.849. The van der Waals surface area contributed by atoms with E-state index in [2.05, 4.69) is 10.3 Å². The van der Waals surface area contributed by atoms with Crippen molar-refractivity contribution in [3.8, 4) is 22.9 Å². The lowest BCUT2D eigenvalue weighted by Gasteiger charge is -2.17. The molecule has 3 aromatic carbocycles. The Labute approximate surface area is 238 Å². The van der Waals surface area contributed by atoms with Crippen LogP contribution in [0.4, 0.5) is 5.69 Å². The van der Waals surface area contributed by atoms with Gasteiger partial charge in [0, 0.05) is 23.8 Å². The molecule has 0 spiro atoms. The summed E-state index contributed by atoms with van der Waals surface area (Å²) in [6, 6.07) is 20.9. The second-order valence-electron chi connectivity index (χ2n) is 8.58. The van der Waals surface area contributed by atoms with E-state index in [1.807, 2.05) is 6.07 Å². The number of ketones is 1. The number of carbonyl (C=O) groups excluding carboxylic acids is 2. The van der Waals surface area contributed by atoms with Gasteiger partial charge >= 0.3 is 11.3 Å². The van der Waals surface area contributed by atoms with E-state index in [0.29, 0.717) is 34.2 Å². The first-order valence-corrected chi connectivity index (χ1v) is 13.3. The van der Waals surface area contributed by atoms with Crippen molar-refractivity contribution in [2.24, 2.45) is 4.99 Å². The molecule has 0 saturated carbocycles. The number of amidine groups is 1. The summed E-state index contributed by atoms with van der Waals surface area (Å²) in [6.07, 6.45) is 1.62. The zero-order chi connectivity index (χ0) is 28.9. The number of aliphatic imine (C=N–C) groups is 1. The van der Waals surface area contributed by atoms with Gasteiger partial charge in [0.15, 0.2) is 5.17 Å². The van der Waals surface area contributed by atoms with Crippen LogP contribution in [0.25, 0.3) is 11.8 Å². The fraction of sp³-hybridized carbons (Fsp3) is 0.138. The molecular weight excluding hydrogens is 548 g/mol. The highest BCUT2D eigenvalue weighted by atomic mass is 32.2. The quantitative estimate of drug-likeness (QED) is 0.183. The maximum absolute atomic E-state index is 13.6. The Hall–Kier alpha value is -5.10. The zero-order valence-electron chi connectivity index (χ0n) is 22.3. The van der Waals surface area contributed by atoms with Gasteiger partial charge in [-0.05, 0) is 52.4 Å². The SMILES string of the molecule is COc1ccc(-[n+]2[nH]oc(=O)c2C(=O)CSC2=N/C(=C/c3ccc(OC)cc3OC)C(=O)N2c2ccccc2)cc1. The highest BCUT2D eigenvalue weighted by Gasteiger charge is 2.35. The van der Waals surface area contributed by atoms with Gasteiger partial charge in [0.05, 0.1) is 32.8 Å². The van der Waals surface area contributed by atoms with Crippen LogP contribution in [-0.4, -0.2) is 49.2 Å². The molecule has 0 unspecified atom stereocenters. The fourth-order valence-electron chi connectivity index (χ4n) is 4.11. The van der Waals surface area contributed by atoms with Crippen LogP contribution in [0.5, 0.6) is 17.2 Å². The summed E-state index contributed by atoms with van der Waals surface area (Å²) in [6.45, 7) is 0. The number of anilines is 1. The molecule has 0 bridgehead atoms. The number of benzene rings is 3. The number of para-hydroxylation sites is 1. The monoisotopic (exact) mass is 573 g/mol. The molecule has 1 amide bonds. The first-order chi connectivity index (χ1) is 19.9. The number of nitrogens with zero attached hydrogens (tertiary/aromatic N) is 3. The number of nitrogens with one attached hydrogen (secondary N) is 1. The standard InChI is InChI=1S/C29H24N4O7S/c1-37-21-13-10-20(11-14-21)33-26(28(36)40-31-33)24(34)17-41-29-30-23(27(35)32(29)19-7-5-4-6-8-19)15-18-9-12-22(38-2)16-25(18)39-3/h4-16H,17H2,1-3H3/p+1/b23-15+. The van der Waals surface area contributed by atoms with Crippen molar-refractivity contribution in [2.45, 2.75) is 0 Å². The van der Waals surface area contributed by atoms with Crippen LogP contribution < -0.4 is 29.4 Å². The molecule has 2 heterocycles. The smallest absolute Gasteiger partial charge is 0.438 e. The van der Waals surface area contributed by atoms with Crippen molar-refractivity contribution in [3.63, 3.8) is 0 Å². The Morgan fingerprint density at radius 3 is 2.37 bits per heavy atom. The Kier molecular flexibility index (Phi) is 8.01. The molecule has 1 aliphatic heterocycles. The Bertz CT molecular complexity index is 1710. The summed E-state index contributed by atoms with van der Waals surface area (Å²) >= 11 is 1.03. The summed E-state index contributed by atoms with van der Waals surface area (Å²) in [4.78, 5) is 45.3. The molecule has 0 saturated heterocycles. The summed E-state index contributed by atoms with van der Waals surface area (Å²) in [5, 5.41) is 2.75. The Morgan fingerprint density at radius 2 is 1.68 bits per heavy atom. The minimum atomic E-state index is -0.817. The number of methoxy groups -OCH3 is 3. The van der Waals surface area contributed by atoms with Crippen molar-refractivity contribution in [3.05, 3.63) is 100 Å². The topological polar surface area (TPSA) is 127 Å². The molecule has 1 N–H and O–H groups in total. The molecule has 5 rings (SSSR count). The number of aromatic amines is 1. The van der Waals surface area contributed by atoms with E-state index >= 15 is 0 Å². The number of rotatable bonds is 9. The van der Waals surface area contributed by atoms with Gasteiger partial charge in [-0.1, -0.05) is 30.0 Å². The van der Waals surface area contributed by atoms with Gasteiger partial charge in [-0.3, -0.25) is 19.0 Å². The number of hydrogen-bond donors (Lipinski definition) is 1. The Morgan fingerprint density at radius 1 is 0.976 bits per heavy atom. The van der Waals surface area contributed by atoms with Gasteiger partial charge in [-0.2, -0.15) is 0 Å². The summed E-state index contributed by atoms with van der Waals surface area (Å²) < 4.78 is 22.1. The molecule has 12 heteroatoms. The molecule has 0 radical (unpaired) electrons. The lowest BCUT2D eigenvalue weighted by Crippen LogP contribution is -2.41. The molecule has 0 atom stereocenters. The largest absolute Gasteiger partial charge is 0.497 e. The minimum absolute atomic E-state index is 0.154. The molecule has 0 aliphatic carbocycles. The average molecular weight is 574 g/mol. The highest BCUT2D eigenvalue weighted by molar-refractivity contribution is 8.14. The third-order valence-corrected chi connectivity index (χ3v) is 7.09. The van der Waals surface area contributed by atoms with Gasteiger partial charge in [-0.15, -0.1) is 0 Å². The molecule has 1 aromatic heterocycles. The lowest BCUT2D eigenvalue weighted by molar-refractivity contribution is -0.672. The van der Waals surface area contributed by atoms with E-state index in [1.165, 1.54) is 23.8 Å². The van der Waals surface area contributed by atoms with Crippen LogP contribution in [0.2, 0.25) is 0 Å². The number of amides is 1. The number of H-pyrrole nitrogens is 1. The zero-order valence-corrected chi connectivity index (χ0v) is 23.1. The predicted octanol–water partition coefficient (Wildman–Crippen LogP) is 3.63. The minimum Gasteiger partial charge on any atom is -0.497 e. The van der Waals surface area contributed by atoms with Gasteiger partial charge in [0.1, 0.15) is 22.9 Å². The van der Waals surface area contributed by atoms with Gasteiger partial charge in [0.25, 0.3) is 5.91 Å². The second-order valence-corrected chi connectivity index (χ2v) is 9.53. The number of thioether (sulfide) groups is 1. The number of aromatic nitrogens is 2. The first kappa shape index (κ1) is 27.5. The molecular formula is C29H25N4O7S+. The van der Waals surface area contributed by atoms with E-state index in [1.54, 1.807) is 79.9 Å². The van der Waals surface area contributed by atoms with E-state index in [0.717, 1.165) is 11.8 Å². The summed E-state index contributed by atoms with van der Waals surface area (Å²) in [5.74, 6) is 0.644. The van der Waals surface area contributed by atoms with Gasteiger partial charge in [-0.25, -0.2) is 9.79 Å². The molecule has 4 aromatic rings. The van der Waals surface area contributed by atoms with Crippen LogP contribution in [0.15, 0.2) is 92.8 Å². The molecule has 208 valence electrons. The van der Waals surface area contributed by atoms with Crippen LogP contribution in [0.1, 0.15) is 16.1 Å². The van der Waals surface area contributed by atoms with Crippen molar-refractivity contribution in [2.75, 3.05) is 32.0 Å². The second kappa shape index (κ2) is 12.0. The normalized spacial score (nSPS) is 13.8. The third kappa shape index (κ3) is 5.63. The third-order valence-electron chi connectivity index (χ3n) is 6.15. The number of carbonyl (C=O) groups is 2. The molecule has 1 aliphatic rings. The Balaban J connectivity index is 1.45. The number of ether oxygens (including phenoxy) is 3. The van der Waals surface area contributed by atoms with Crippen LogP contribution >= 0.6 is 11.8 Å². The summed E-state index contributed by atoms with van der Waals surface area (Å²) in [7, 11) is 4.61. The first-order valence-electron chi connectivity index (χ1n) is 12.3. The van der Waals surface area contributed by atoms with Gasteiger partial charge in [0.2, 0.25) is 11.5 Å². The van der Waals surface area contributed by atoms with Crippen molar-refractivity contribution in [1.29, 1.82) is 0 Å². The number of hydrogen-bond acceptors (Lipinski definition) is 9. The maximum atomic E-state index is 13.6. The van der Waals surface area contributed by atoms with Crippen molar-refractivity contribution < 1.29 is 33.0 Å². The molecule has 41 heavy (non-hydrogen) atoms. The fourth-order valence-corrected chi connectivity index (χ4v) is 4.98. The van der Waals surface area contributed by atoms with E-state index in [9.17, 15) is 14.4 Å². The molecule has 11 nitrogen and oxygen atoms in total. The predicted molar refractivity (Wildman–Crippen MR) is 153 cm³/mol. The van der Waals surface area contributed by atoms with Crippen molar-refractivity contribution >= 4 is 40.4 Å². The highest BCUT2D eigenvalue weighted by Crippen LogP contribution is 2.32. The van der Waals surface area contributed by atoms with E-state index in [-0.39, 0.29) is 28.2 Å². The van der Waals surface area contributed by atoms with Crippen molar-refractivity contribution in [1.82, 2.24) is 5.27 Å². The van der Waals surface area contributed by atoms with Gasteiger partial charge < -0.3 is 14.2 Å². The average Bonchev–Trinajstić information content (AvgIpc) is 3.55. The maximum Gasteiger partial charge on any atom is 0.438 e. The van der Waals surface area contributed by atoms with E-state index < -0.39 is 11.4 Å².